The molecule has 23 heavy (non-hydrogen) atoms. The van der Waals surface area contributed by atoms with Gasteiger partial charge >= 0.3 is 5.97 Å². The Morgan fingerprint density at radius 2 is 1.91 bits per heavy atom. The van der Waals surface area contributed by atoms with Crippen LogP contribution >= 0.6 is 0 Å². The average molecular weight is 317 g/mol. The van der Waals surface area contributed by atoms with Crippen molar-refractivity contribution in [2.75, 3.05) is 31.1 Å². The quantitative estimate of drug-likeness (QED) is 0.921. The highest BCUT2D eigenvalue weighted by molar-refractivity contribution is 5.94. The number of carboxylic acids is 1. The Balaban J connectivity index is 1.63. The summed E-state index contributed by atoms with van der Waals surface area (Å²) in [6, 6.07) is 3.70. The summed E-state index contributed by atoms with van der Waals surface area (Å²) < 4.78 is 0. The number of likely N-dealkylation sites (tertiary alicyclic amines) is 1. The van der Waals surface area contributed by atoms with Gasteiger partial charge in [-0.1, -0.05) is 6.92 Å². The van der Waals surface area contributed by atoms with Crippen LogP contribution in [0.3, 0.4) is 0 Å². The molecular weight excluding hydrogens is 294 g/mol. The van der Waals surface area contributed by atoms with Gasteiger partial charge in [-0.3, -0.25) is 9.59 Å². The lowest BCUT2D eigenvalue weighted by Crippen LogP contribution is -2.33. The minimum Gasteiger partial charge on any atom is -0.481 e. The fourth-order valence-corrected chi connectivity index (χ4v) is 3.27. The third-order valence-electron chi connectivity index (χ3n) is 4.93. The van der Waals surface area contributed by atoms with E-state index in [0.29, 0.717) is 25.1 Å². The molecule has 3 heterocycles. The van der Waals surface area contributed by atoms with E-state index in [1.807, 2.05) is 6.07 Å². The molecular formula is C17H23N3O3. The van der Waals surface area contributed by atoms with E-state index in [-0.39, 0.29) is 5.91 Å². The molecule has 1 aromatic heterocycles. The summed E-state index contributed by atoms with van der Waals surface area (Å²) in [4.78, 5) is 31.7. The van der Waals surface area contributed by atoms with Gasteiger partial charge in [-0.2, -0.15) is 0 Å². The van der Waals surface area contributed by atoms with Crippen molar-refractivity contribution in [3.63, 3.8) is 0 Å². The van der Waals surface area contributed by atoms with Crippen LogP contribution in [0.1, 0.15) is 36.5 Å². The van der Waals surface area contributed by atoms with Crippen molar-refractivity contribution in [1.29, 1.82) is 0 Å². The number of anilines is 1. The summed E-state index contributed by atoms with van der Waals surface area (Å²) in [6.45, 7) is 5.08. The summed E-state index contributed by atoms with van der Waals surface area (Å²) in [5.74, 6) is 0.289. The van der Waals surface area contributed by atoms with Crippen LogP contribution in [0.25, 0.3) is 0 Å². The molecule has 0 unspecified atom stereocenters. The minimum atomic E-state index is -0.826. The van der Waals surface area contributed by atoms with Crippen LogP contribution in [0.2, 0.25) is 0 Å². The van der Waals surface area contributed by atoms with E-state index in [1.54, 1.807) is 17.2 Å². The Hall–Kier alpha value is -2.11. The topological polar surface area (TPSA) is 73.7 Å². The number of carbonyl (C=O) groups excluding carboxylic acids is 1. The first-order chi connectivity index (χ1) is 11.0. The van der Waals surface area contributed by atoms with Crippen LogP contribution in [-0.4, -0.2) is 53.0 Å². The van der Waals surface area contributed by atoms with Gasteiger partial charge < -0.3 is 14.9 Å². The van der Waals surface area contributed by atoms with Gasteiger partial charge in [0, 0.05) is 32.4 Å². The third kappa shape index (κ3) is 3.46. The predicted molar refractivity (Wildman–Crippen MR) is 86.5 cm³/mol. The average Bonchev–Trinajstić information content (AvgIpc) is 3.05. The Morgan fingerprint density at radius 3 is 2.48 bits per heavy atom. The first-order valence-electron chi connectivity index (χ1n) is 8.27. The molecule has 1 amide bonds. The molecule has 2 saturated heterocycles. The number of aliphatic carboxylic acids is 1. The minimum absolute atomic E-state index is 0.125. The Labute approximate surface area is 136 Å². The molecule has 0 spiro atoms. The lowest BCUT2D eigenvalue weighted by atomic mass is 9.99. The van der Waals surface area contributed by atoms with Gasteiger partial charge in [0.1, 0.15) is 5.82 Å². The first-order valence-corrected chi connectivity index (χ1v) is 8.27. The lowest BCUT2D eigenvalue weighted by Gasteiger charge is -2.31. The maximum absolute atomic E-state index is 12.4. The number of hydrogen-bond donors (Lipinski definition) is 1. The summed E-state index contributed by atoms with van der Waals surface area (Å²) in [5.41, 5.74) is 0.533. The highest BCUT2D eigenvalue weighted by Crippen LogP contribution is 2.22. The van der Waals surface area contributed by atoms with E-state index in [1.165, 1.54) is 12.8 Å². The molecule has 1 aromatic rings. The van der Waals surface area contributed by atoms with Gasteiger partial charge in [-0.05, 0) is 37.3 Å². The fraction of sp³-hybridized carbons (Fsp3) is 0.588. The number of piperidine rings is 1. The summed E-state index contributed by atoms with van der Waals surface area (Å²) >= 11 is 0. The van der Waals surface area contributed by atoms with Crippen molar-refractivity contribution in [2.45, 2.75) is 26.2 Å². The van der Waals surface area contributed by atoms with Crippen LogP contribution in [0.15, 0.2) is 18.3 Å². The normalized spacial score (nSPS) is 22.4. The Morgan fingerprint density at radius 1 is 1.17 bits per heavy atom. The van der Waals surface area contributed by atoms with E-state index < -0.39 is 11.9 Å². The second kappa shape index (κ2) is 6.56. The number of hydrogen-bond acceptors (Lipinski definition) is 4. The molecule has 124 valence electrons. The number of rotatable bonds is 3. The second-order valence-corrected chi connectivity index (χ2v) is 6.65. The van der Waals surface area contributed by atoms with Gasteiger partial charge in [0.2, 0.25) is 0 Å². The maximum atomic E-state index is 12.4. The molecule has 3 rings (SSSR count). The maximum Gasteiger partial charge on any atom is 0.308 e. The van der Waals surface area contributed by atoms with Crippen molar-refractivity contribution in [1.82, 2.24) is 9.88 Å². The number of amides is 1. The van der Waals surface area contributed by atoms with E-state index in [0.717, 1.165) is 24.8 Å². The molecule has 6 nitrogen and oxygen atoms in total. The zero-order chi connectivity index (χ0) is 16.4. The van der Waals surface area contributed by atoms with E-state index in [4.69, 9.17) is 5.11 Å². The number of nitrogens with zero attached hydrogens (tertiary/aromatic N) is 3. The molecule has 6 heteroatoms. The number of carbonyl (C=O) groups is 2. The summed E-state index contributed by atoms with van der Waals surface area (Å²) in [7, 11) is 0. The fourth-order valence-electron chi connectivity index (χ4n) is 3.27. The van der Waals surface area contributed by atoms with Gasteiger partial charge in [-0.15, -0.1) is 0 Å². The summed E-state index contributed by atoms with van der Waals surface area (Å²) in [6.07, 6.45) is 4.49. The van der Waals surface area contributed by atoms with Gasteiger partial charge in [0.15, 0.2) is 0 Å². The highest BCUT2D eigenvalue weighted by Gasteiger charge is 2.31. The largest absolute Gasteiger partial charge is 0.481 e. The number of aromatic nitrogens is 1. The predicted octanol–water partition coefficient (Wildman–Crippen LogP) is 1.86. The van der Waals surface area contributed by atoms with Crippen LogP contribution < -0.4 is 4.90 Å². The standard InChI is InChI=1S/C17H23N3O3/c1-12-4-7-19(8-5-12)15-3-2-13(10-18-15)16(21)20-9-6-14(11-20)17(22)23/h2-3,10,12,14H,4-9,11H2,1H3,(H,22,23)/t14-/m0/s1. The van der Waals surface area contributed by atoms with Crippen LogP contribution in [0.4, 0.5) is 5.82 Å². The molecule has 0 saturated carbocycles. The van der Waals surface area contributed by atoms with Crippen molar-refractivity contribution < 1.29 is 14.7 Å². The van der Waals surface area contributed by atoms with Gasteiger partial charge in [0.05, 0.1) is 11.5 Å². The molecule has 2 aliphatic heterocycles. The van der Waals surface area contributed by atoms with Crippen molar-refractivity contribution in [3.05, 3.63) is 23.9 Å². The number of carboxylic acid groups (broad SMARTS) is 1. The Bertz CT molecular complexity index is 579. The van der Waals surface area contributed by atoms with Crippen molar-refractivity contribution in [3.8, 4) is 0 Å². The molecule has 0 bridgehead atoms. The third-order valence-corrected chi connectivity index (χ3v) is 4.93. The lowest BCUT2D eigenvalue weighted by molar-refractivity contribution is -0.141. The molecule has 2 fully saturated rings. The molecule has 0 aliphatic carbocycles. The molecule has 0 radical (unpaired) electrons. The van der Waals surface area contributed by atoms with Crippen molar-refractivity contribution in [2.24, 2.45) is 11.8 Å². The van der Waals surface area contributed by atoms with Gasteiger partial charge in [-0.25, -0.2) is 4.98 Å². The van der Waals surface area contributed by atoms with Crippen LogP contribution in [0, 0.1) is 11.8 Å². The number of pyridine rings is 1. The molecule has 1 N–H and O–H groups in total. The second-order valence-electron chi connectivity index (χ2n) is 6.65. The van der Waals surface area contributed by atoms with Gasteiger partial charge in [0.25, 0.3) is 5.91 Å². The van der Waals surface area contributed by atoms with Crippen LogP contribution in [-0.2, 0) is 4.79 Å². The zero-order valence-electron chi connectivity index (χ0n) is 13.4. The summed E-state index contributed by atoms with van der Waals surface area (Å²) in [5, 5.41) is 9.03. The van der Waals surface area contributed by atoms with Crippen molar-refractivity contribution >= 4 is 17.7 Å². The monoisotopic (exact) mass is 317 g/mol. The highest BCUT2D eigenvalue weighted by atomic mass is 16.4. The van der Waals surface area contributed by atoms with E-state index in [9.17, 15) is 9.59 Å². The van der Waals surface area contributed by atoms with E-state index in [2.05, 4.69) is 16.8 Å². The smallest absolute Gasteiger partial charge is 0.308 e. The SMILES string of the molecule is CC1CCN(c2ccc(C(=O)N3CC[C@H](C(=O)O)C3)cn2)CC1. The molecule has 0 aromatic carbocycles. The molecule has 1 atom stereocenters. The van der Waals surface area contributed by atoms with E-state index >= 15 is 0 Å². The first kappa shape index (κ1) is 15.8. The zero-order valence-corrected chi connectivity index (χ0v) is 13.4. The van der Waals surface area contributed by atoms with Crippen LogP contribution in [0.5, 0.6) is 0 Å². The Kier molecular flexibility index (Phi) is 4.50. The molecule has 2 aliphatic rings.